The molecule has 28 heavy (non-hydrogen) atoms. The van der Waals surface area contributed by atoms with E-state index in [9.17, 15) is 4.79 Å². The Bertz CT molecular complexity index is 1050. The number of hydrogen-bond acceptors (Lipinski definition) is 2. The van der Waals surface area contributed by atoms with Gasteiger partial charge in [-0.05, 0) is 42.2 Å². The van der Waals surface area contributed by atoms with Crippen LogP contribution >= 0.6 is 0 Å². The zero-order chi connectivity index (χ0) is 19.2. The summed E-state index contributed by atoms with van der Waals surface area (Å²) >= 11 is 0. The number of hydrogen-bond donors (Lipinski definition) is 3. The fraction of sp³-hybridized carbons (Fsp3) is 0.182. The predicted octanol–water partition coefficient (Wildman–Crippen LogP) is 3.44. The number of aromatic amines is 1. The third kappa shape index (κ3) is 4.23. The Balaban J connectivity index is 1.19. The minimum atomic E-state index is -0.143. The van der Waals surface area contributed by atoms with Gasteiger partial charge in [0.25, 0.3) is 0 Å². The van der Waals surface area contributed by atoms with Crippen LogP contribution in [-0.2, 0) is 12.8 Å². The van der Waals surface area contributed by atoms with Crippen LogP contribution in [-0.4, -0.2) is 33.9 Å². The number of aromatic nitrogens is 3. The van der Waals surface area contributed by atoms with Crippen LogP contribution in [0.1, 0.15) is 11.1 Å². The van der Waals surface area contributed by atoms with Crippen LogP contribution in [0.5, 0.6) is 0 Å². The predicted molar refractivity (Wildman–Crippen MR) is 111 cm³/mol. The Morgan fingerprint density at radius 3 is 2.57 bits per heavy atom. The summed E-state index contributed by atoms with van der Waals surface area (Å²) in [6, 6.07) is 18.0. The molecule has 0 aliphatic carbocycles. The molecule has 4 rings (SSSR count). The van der Waals surface area contributed by atoms with Crippen LogP contribution in [0.3, 0.4) is 0 Å². The normalized spacial score (nSPS) is 10.9. The molecular weight excluding hydrogens is 350 g/mol. The highest BCUT2D eigenvalue weighted by atomic mass is 16.2. The number of H-pyrrole nitrogens is 1. The molecule has 6 nitrogen and oxygen atoms in total. The molecule has 0 aliphatic heterocycles. The van der Waals surface area contributed by atoms with Crippen molar-refractivity contribution in [2.75, 3.05) is 13.1 Å². The van der Waals surface area contributed by atoms with Crippen molar-refractivity contribution in [1.29, 1.82) is 0 Å². The van der Waals surface area contributed by atoms with Crippen molar-refractivity contribution in [3.8, 4) is 5.69 Å². The Morgan fingerprint density at radius 2 is 1.71 bits per heavy atom. The first kappa shape index (κ1) is 17.9. The van der Waals surface area contributed by atoms with E-state index >= 15 is 0 Å². The van der Waals surface area contributed by atoms with Gasteiger partial charge in [0.1, 0.15) is 0 Å². The van der Waals surface area contributed by atoms with Gasteiger partial charge in [-0.2, -0.15) is 5.10 Å². The standard InChI is InChI=1S/C22H23N5O/c28-22(24-13-11-18-15-25-21-9-5-4-8-20(18)21)23-12-10-17-14-26-27(16-17)19-6-2-1-3-7-19/h1-9,14-16,25H,10-13H2,(H2,23,24,28). The number of amides is 2. The van der Waals surface area contributed by atoms with Crippen molar-refractivity contribution in [2.24, 2.45) is 0 Å². The Morgan fingerprint density at radius 1 is 0.964 bits per heavy atom. The molecule has 0 fully saturated rings. The number of carbonyl (C=O) groups is 1. The molecule has 0 spiro atoms. The number of benzene rings is 2. The molecule has 0 atom stereocenters. The molecule has 0 saturated carbocycles. The van der Waals surface area contributed by atoms with Gasteiger partial charge in [-0.25, -0.2) is 9.48 Å². The molecule has 0 saturated heterocycles. The molecule has 0 aliphatic rings. The van der Waals surface area contributed by atoms with Gasteiger partial charge >= 0.3 is 6.03 Å². The Labute approximate surface area is 163 Å². The Hall–Kier alpha value is -3.54. The zero-order valence-corrected chi connectivity index (χ0v) is 15.6. The van der Waals surface area contributed by atoms with Crippen molar-refractivity contribution in [2.45, 2.75) is 12.8 Å². The van der Waals surface area contributed by atoms with Gasteiger partial charge in [0.2, 0.25) is 0 Å². The van der Waals surface area contributed by atoms with E-state index in [1.807, 2.05) is 65.7 Å². The minimum Gasteiger partial charge on any atom is -0.361 e. The lowest BCUT2D eigenvalue weighted by molar-refractivity contribution is 0.241. The lowest BCUT2D eigenvalue weighted by atomic mass is 10.1. The van der Waals surface area contributed by atoms with E-state index in [0.29, 0.717) is 13.1 Å². The molecule has 4 aromatic rings. The first-order valence-electron chi connectivity index (χ1n) is 9.45. The second-order valence-electron chi connectivity index (χ2n) is 6.67. The number of nitrogens with one attached hydrogen (secondary N) is 3. The smallest absolute Gasteiger partial charge is 0.314 e. The van der Waals surface area contributed by atoms with Gasteiger partial charge in [-0.15, -0.1) is 0 Å². The molecule has 6 heteroatoms. The summed E-state index contributed by atoms with van der Waals surface area (Å²) in [5, 5.41) is 11.4. The van der Waals surface area contributed by atoms with Crippen LogP contribution in [0.25, 0.3) is 16.6 Å². The maximum Gasteiger partial charge on any atom is 0.314 e. The quantitative estimate of drug-likeness (QED) is 0.464. The molecule has 2 heterocycles. The molecule has 0 unspecified atom stereocenters. The minimum absolute atomic E-state index is 0.143. The highest BCUT2D eigenvalue weighted by molar-refractivity contribution is 5.83. The topological polar surface area (TPSA) is 74.7 Å². The maximum atomic E-state index is 12.0. The molecule has 2 amide bonds. The van der Waals surface area contributed by atoms with Gasteiger partial charge in [-0.1, -0.05) is 36.4 Å². The van der Waals surface area contributed by atoms with Crippen LogP contribution in [0, 0.1) is 0 Å². The SMILES string of the molecule is O=C(NCCc1cnn(-c2ccccc2)c1)NCCc1c[nH]c2ccccc12. The van der Waals surface area contributed by atoms with E-state index in [2.05, 4.69) is 32.8 Å². The van der Waals surface area contributed by atoms with Crippen LogP contribution < -0.4 is 10.6 Å². The van der Waals surface area contributed by atoms with E-state index in [1.54, 1.807) is 0 Å². The molecule has 2 aromatic heterocycles. The van der Waals surface area contributed by atoms with Gasteiger partial charge in [-0.3, -0.25) is 0 Å². The van der Waals surface area contributed by atoms with Gasteiger partial charge in [0.15, 0.2) is 0 Å². The Kier molecular flexibility index (Phi) is 5.38. The molecule has 3 N–H and O–H groups in total. The molecule has 0 bridgehead atoms. The zero-order valence-electron chi connectivity index (χ0n) is 15.6. The number of fused-ring (bicyclic) bond motifs is 1. The molecular formula is C22H23N5O. The van der Waals surface area contributed by atoms with E-state index in [0.717, 1.165) is 29.6 Å². The van der Waals surface area contributed by atoms with Crippen molar-refractivity contribution >= 4 is 16.9 Å². The second kappa shape index (κ2) is 8.43. The number of carbonyl (C=O) groups excluding carboxylic acids is 1. The molecule has 0 radical (unpaired) electrons. The summed E-state index contributed by atoms with van der Waals surface area (Å²) in [6.45, 7) is 1.17. The summed E-state index contributed by atoms with van der Waals surface area (Å²) in [6.07, 6.45) is 7.37. The van der Waals surface area contributed by atoms with E-state index in [4.69, 9.17) is 0 Å². The monoisotopic (exact) mass is 373 g/mol. The molecule has 2 aromatic carbocycles. The van der Waals surface area contributed by atoms with Crippen molar-refractivity contribution in [1.82, 2.24) is 25.4 Å². The van der Waals surface area contributed by atoms with Crippen LogP contribution in [0.4, 0.5) is 4.79 Å². The number of urea groups is 1. The number of rotatable bonds is 7. The van der Waals surface area contributed by atoms with E-state index in [1.165, 1.54) is 10.9 Å². The highest BCUT2D eigenvalue weighted by Gasteiger charge is 2.05. The average molecular weight is 373 g/mol. The summed E-state index contributed by atoms with van der Waals surface area (Å²) < 4.78 is 1.84. The lowest BCUT2D eigenvalue weighted by Gasteiger charge is -2.07. The van der Waals surface area contributed by atoms with Gasteiger partial charge < -0.3 is 15.6 Å². The summed E-state index contributed by atoms with van der Waals surface area (Å²) in [5.74, 6) is 0. The van der Waals surface area contributed by atoms with Crippen LogP contribution in [0.15, 0.2) is 73.2 Å². The fourth-order valence-electron chi connectivity index (χ4n) is 3.24. The fourth-order valence-corrected chi connectivity index (χ4v) is 3.24. The summed E-state index contributed by atoms with van der Waals surface area (Å²) in [7, 11) is 0. The maximum absolute atomic E-state index is 12.0. The summed E-state index contributed by atoms with van der Waals surface area (Å²) in [4.78, 5) is 15.3. The number of nitrogens with zero attached hydrogens (tertiary/aromatic N) is 2. The van der Waals surface area contributed by atoms with Crippen LogP contribution in [0.2, 0.25) is 0 Å². The van der Waals surface area contributed by atoms with Crippen molar-refractivity contribution < 1.29 is 4.79 Å². The summed E-state index contributed by atoms with van der Waals surface area (Å²) in [5.41, 5.74) is 4.45. The molecule has 142 valence electrons. The number of para-hydroxylation sites is 2. The second-order valence-corrected chi connectivity index (χ2v) is 6.67. The van der Waals surface area contributed by atoms with E-state index in [-0.39, 0.29) is 6.03 Å². The largest absolute Gasteiger partial charge is 0.361 e. The third-order valence-corrected chi connectivity index (χ3v) is 4.71. The highest BCUT2D eigenvalue weighted by Crippen LogP contribution is 2.17. The van der Waals surface area contributed by atoms with Gasteiger partial charge in [0.05, 0.1) is 11.9 Å². The van der Waals surface area contributed by atoms with E-state index < -0.39 is 0 Å². The average Bonchev–Trinajstić information content (AvgIpc) is 3.36. The lowest BCUT2D eigenvalue weighted by Crippen LogP contribution is -2.37. The van der Waals surface area contributed by atoms with Crippen molar-refractivity contribution in [3.63, 3.8) is 0 Å². The van der Waals surface area contributed by atoms with Crippen molar-refractivity contribution in [3.05, 3.63) is 84.3 Å². The third-order valence-electron chi connectivity index (χ3n) is 4.71. The first-order valence-corrected chi connectivity index (χ1v) is 9.45. The first-order chi connectivity index (χ1) is 13.8. The van der Waals surface area contributed by atoms with Gasteiger partial charge in [0, 0.05) is 36.4 Å².